The molecule has 0 heterocycles. The number of hydrogen-bond donors (Lipinski definition) is 2. The molecule has 9 heteroatoms. The summed E-state index contributed by atoms with van der Waals surface area (Å²) >= 11 is 0. The minimum atomic E-state index is -4.59. The molecule has 0 fully saturated rings. The summed E-state index contributed by atoms with van der Waals surface area (Å²) < 4.78 is 23.2. The van der Waals surface area contributed by atoms with Crippen LogP contribution in [0.15, 0.2) is 48.6 Å². The molecule has 0 aromatic heterocycles. The van der Waals surface area contributed by atoms with E-state index in [1.54, 1.807) is 6.08 Å². The molecule has 322 valence electrons. The van der Waals surface area contributed by atoms with E-state index in [1.165, 1.54) is 103 Å². The number of carbonyl (C=O) groups is 1. The van der Waals surface area contributed by atoms with Gasteiger partial charge < -0.3 is 28.8 Å². The van der Waals surface area contributed by atoms with Gasteiger partial charge in [0.15, 0.2) is 0 Å². The van der Waals surface area contributed by atoms with Crippen LogP contribution in [0.25, 0.3) is 0 Å². The number of allylic oxidation sites excluding steroid dienone is 7. The topological polar surface area (TPSA) is 108 Å². The summed E-state index contributed by atoms with van der Waals surface area (Å²) in [7, 11) is 1.24. The van der Waals surface area contributed by atoms with Gasteiger partial charge in [-0.1, -0.05) is 172 Å². The molecule has 0 aromatic carbocycles. The number of nitrogens with zero attached hydrogens (tertiary/aromatic N) is 1. The summed E-state index contributed by atoms with van der Waals surface area (Å²) in [5.41, 5.74) is 0. The molecule has 0 aliphatic carbocycles. The number of aliphatic hydroxyl groups is 1. The summed E-state index contributed by atoms with van der Waals surface area (Å²) in [6.07, 6.45) is 47.2. The van der Waals surface area contributed by atoms with E-state index < -0.39 is 20.0 Å². The molecular formula is C46H87N2O6P. The van der Waals surface area contributed by atoms with Crippen molar-refractivity contribution in [3.63, 3.8) is 0 Å². The predicted molar refractivity (Wildman–Crippen MR) is 233 cm³/mol. The fraction of sp³-hybridized carbons (Fsp3) is 0.804. The lowest BCUT2D eigenvalue weighted by Gasteiger charge is -2.29. The highest BCUT2D eigenvalue weighted by molar-refractivity contribution is 7.45. The molecule has 0 bridgehead atoms. The summed E-state index contributed by atoms with van der Waals surface area (Å²) in [6, 6.07) is -0.893. The van der Waals surface area contributed by atoms with E-state index in [4.69, 9.17) is 9.05 Å². The maximum absolute atomic E-state index is 12.8. The number of nitrogens with one attached hydrogen (secondary N) is 1. The SMILES string of the molecule is CCCCCCC/C=C\C/C=C\C/C=C\CCCCCCCCC(=O)NC(COP(=O)([O-])OCC[N+](C)(C)C)C(O)/C=C/CCCCCCCCCCCC. The summed E-state index contributed by atoms with van der Waals surface area (Å²) in [5, 5.41) is 13.7. The van der Waals surface area contributed by atoms with Crippen molar-refractivity contribution >= 4 is 13.7 Å². The Labute approximate surface area is 339 Å². The minimum Gasteiger partial charge on any atom is -0.756 e. The second kappa shape index (κ2) is 38.0. The van der Waals surface area contributed by atoms with E-state index in [-0.39, 0.29) is 19.1 Å². The highest BCUT2D eigenvalue weighted by Crippen LogP contribution is 2.38. The van der Waals surface area contributed by atoms with E-state index in [9.17, 15) is 19.4 Å². The first-order valence-corrected chi connectivity index (χ1v) is 24.0. The van der Waals surface area contributed by atoms with Gasteiger partial charge >= 0.3 is 0 Å². The number of carbonyl (C=O) groups excluding carboxylic acids is 1. The molecule has 0 radical (unpaired) electrons. The number of aliphatic hydroxyl groups excluding tert-OH is 1. The molecule has 0 spiro atoms. The van der Waals surface area contributed by atoms with Gasteiger partial charge in [-0.2, -0.15) is 0 Å². The lowest BCUT2D eigenvalue weighted by molar-refractivity contribution is -0.870. The van der Waals surface area contributed by atoms with Crippen LogP contribution in [0.5, 0.6) is 0 Å². The standard InChI is InChI=1S/C46H87N2O6P/c1-6-8-10-12-14-16-18-20-21-22-23-24-25-26-27-28-30-32-34-36-38-40-46(50)47-44(43-54-55(51,52)53-42-41-48(3,4)5)45(49)39-37-35-33-31-29-19-17-15-13-11-9-7-2/h18,20,22-23,25-26,37,39,44-45,49H,6-17,19,21,24,27-36,38,40-43H2,1-5H3,(H-,47,50,51,52)/b20-18-,23-22-,26-25-,39-37+. The largest absolute Gasteiger partial charge is 0.756 e. The average molecular weight is 795 g/mol. The van der Waals surface area contributed by atoms with Crippen LogP contribution in [0.1, 0.15) is 187 Å². The Kier molecular flexibility index (Phi) is 36.9. The molecule has 0 saturated carbocycles. The smallest absolute Gasteiger partial charge is 0.268 e. The van der Waals surface area contributed by atoms with Crippen LogP contribution in [0.2, 0.25) is 0 Å². The maximum atomic E-state index is 12.8. The van der Waals surface area contributed by atoms with E-state index >= 15 is 0 Å². The molecular weight excluding hydrogens is 707 g/mol. The van der Waals surface area contributed by atoms with E-state index in [0.29, 0.717) is 17.4 Å². The highest BCUT2D eigenvalue weighted by Gasteiger charge is 2.23. The Bertz CT molecular complexity index is 1040. The number of quaternary nitrogens is 1. The van der Waals surface area contributed by atoms with Crippen LogP contribution in [0.3, 0.4) is 0 Å². The molecule has 1 amide bonds. The first-order valence-electron chi connectivity index (χ1n) is 22.5. The molecule has 0 aliphatic rings. The van der Waals surface area contributed by atoms with Crippen molar-refractivity contribution in [1.29, 1.82) is 0 Å². The minimum absolute atomic E-state index is 0.00539. The number of phosphoric acid groups is 1. The van der Waals surface area contributed by atoms with Crippen molar-refractivity contribution < 1.29 is 32.9 Å². The second-order valence-corrected chi connectivity index (χ2v) is 17.8. The van der Waals surface area contributed by atoms with E-state index in [0.717, 1.165) is 64.2 Å². The van der Waals surface area contributed by atoms with Crippen molar-refractivity contribution in [3.05, 3.63) is 48.6 Å². The van der Waals surface area contributed by atoms with E-state index in [2.05, 4.69) is 55.6 Å². The lowest BCUT2D eigenvalue weighted by Crippen LogP contribution is -2.45. The average Bonchev–Trinajstić information content (AvgIpc) is 3.13. The van der Waals surface area contributed by atoms with Gasteiger partial charge in [0.2, 0.25) is 5.91 Å². The second-order valence-electron chi connectivity index (χ2n) is 16.4. The van der Waals surface area contributed by atoms with Gasteiger partial charge in [0, 0.05) is 6.42 Å². The van der Waals surface area contributed by atoms with Gasteiger partial charge in [-0.05, 0) is 57.8 Å². The molecule has 0 saturated heterocycles. The fourth-order valence-corrected chi connectivity index (χ4v) is 6.88. The first-order chi connectivity index (χ1) is 26.5. The van der Waals surface area contributed by atoms with Crippen LogP contribution in [0, 0.1) is 0 Å². The van der Waals surface area contributed by atoms with Crippen LogP contribution in [-0.4, -0.2) is 68.5 Å². The number of phosphoric ester groups is 1. The van der Waals surface area contributed by atoms with Crippen molar-refractivity contribution in [3.8, 4) is 0 Å². The normalized spacial score (nSPS) is 14.8. The van der Waals surface area contributed by atoms with Gasteiger partial charge in [0.1, 0.15) is 13.2 Å². The third kappa shape index (κ3) is 40.5. The zero-order valence-corrected chi connectivity index (χ0v) is 37.3. The monoisotopic (exact) mass is 795 g/mol. The molecule has 0 aromatic rings. The number of likely N-dealkylation sites (N-methyl/N-ethyl adjacent to an activating group) is 1. The summed E-state index contributed by atoms with van der Waals surface area (Å²) in [6.45, 7) is 4.60. The van der Waals surface area contributed by atoms with Crippen LogP contribution in [-0.2, 0) is 18.4 Å². The van der Waals surface area contributed by atoms with Crippen LogP contribution >= 0.6 is 7.82 Å². The maximum Gasteiger partial charge on any atom is 0.268 e. The molecule has 8 nitrogen and oxygen atoms in total. The number of hydrogen-bond acceptors (Lipinski definition) is 6. The molecule has 0 rings (SSSR count). The fourth-order valence-electron chi connectivity index (χ4n) is 6.16. The number of rotatable bonds is 40. The summed E-state index contributed by atoms with van der Waals surface area (Å²) in [5.74, 6) is -0.213. The molecule has 2 N–H and O–H groups in total. The van der Waals surface area contributed by atoms with E-state index in [1.807, 2.05) is 27.2 Å². The Morgan fingerprint density at radius 2 is 1.05 bits per heavy atom. The van der Waals surface area contributed by atoms with Crippen LogP contribution < -0.4 is 10.2 Å². The first kappa shape index (κ1) is 53.5. The number of unbranched alkanes of at least 4 members (excludes halogenated alkanes) is 21. The zero-order valence-electron chi connectivity index (χ0n) is 36.4. The van der Waals surface area contributed by atoms with Gasteiger partial charge in [-0.25, -0.2) is 0 Å². The highest BCUT2D eigenvalue weighted by atomic mass is 31.2. The molecule has 3 atom stereocenters. The van der Waals surface area contributed by atoms with Crippen molar-refractivity contribution in [2.75, 3.05) is 40.9 Å². The quantitative estimate of drug-likeness (QED) is 0.0277. The lowest BCUT2D eigenvalue weighted by atomic mass is 10.1. The molecule has 0 aliphatic heterocycles. The third-order valence-electron chi connectivity index (χ3n) is 9.78. The molecule has 3 unspecified atom stereocenters. The van der Waals surface area contributed by atoms with Crippen molar-refractivity contribution in [2.45, 2.75) is 199 Å². The Balaban J connectivity index is 4.40. The van der Waals surface area contributed by atoms with Crippen LogP contribution in [0.4, 0.5) is 0 Å². The van der Waals surface area contributed by atoms with Crippen molar-refractivity contribution in [2.24, 2.45) is 0 Å². The van der Waals surface area contributed by atoms with Gasteiger partial charge in [0.05, 0.1) is 39.9 Å². The van der Waals surface area contributed by atoms with Gasteiger partial charge in [-0.15, -0.1) is 0 Å². The Morgan fingerprint density at radius 1 is 0.636 bits per heavy atom. The van der Waals surface area contributed by atoms with Gasteiger partial charge in [-0.3, -0.25) is 9.36 Å². The predicted octanol–water partition coefficient (Wildman–Crippen LogP) is 11.8. The zero-order chi connectivity index (χ0) is 40.7. The van der Waals surface area contributed by atoms with Gasteiger partial charge in [0.25, 0.3) is 7.82 Å². The summed E-state index contributed by atoms with van der Waals surface area (Å²) in [4.78, 5) is 25.3. The number of amides is 1. The third-order valence-corrected chi connectivity index (χ3v) is 10.7. The Hall–Kier alpha value is -1.54. The van der Waals surface area contributed by atoms with Crippen molar-refractivity contribution in [1.82, 2.24) is 5.32 Å². The molecule has 55 heavy (non-hydrogen) atoms. The Morgan fingerprint density at radius 3 is 1.53 bits per heavy atom.